The fourth-order valence-electron chi connectivity index (χ4n) is 2.34. The predicted octanol–water partition coefficient (Wildman–Crippen LogP) is 1.64. The Balaban J connectivity index is 2.12. The monoisotopic (exact) mass is 223 g/mol. The van der Waals surface area contributed by atoms with Crippen LogP contribution in [0.5, 0.6) is 0 Å². The first-order valence-corrected chi connectivity index (χ1v) is 6.15. The molecule has 1 fully saturated rings. The van der Waals surface area contributed by atoms with Crippen LogP contribution in [0.1, 0.15) is 50.9 Å². The fourth-order valence-corrected chi connectivity index (χ4v) is 2.34. The van der Waals surface area contributed by atoms with Crippen molar-refractivity contribution in [1.82, 2.24) is 15.1 Å². The van der Waals surface area contributed by atoms with E-state index >= 15 is 0 Å². The molecule has 2 atom stereocenters. The molecule has 0 aromatic carbocycles. The van der Waals surface area contributed by atoms with Crippen molar-refractivity contribution >= 4 is 0 Å². The minimum Gasteiger partial charge on any atom is -0.385 e. The first kappa shape index (κ1) is 11.6. The van der Waals surface area contributed by atoms with E-state index in [0.29, 0.717) is 6.04 Å². The van der Waals surface area contributed by atoms with E-state index in [9.17, 15) is 5.11 Å². The number of aromatic nitrogens is 2. The molecule has 1 saturated heterocycles. The Morgan fingerprint density at radius 3 is 2.94 bits per heavy atom. The third-order valence-electron chi connectivity index (χ3n) is 3.22. The molecule has 0 amide bonds. The average Bonchev–Trinajstić information content (AvgIpc) is 2.78. The topological polar surface area (TPSA) is 50.1 Å². The van der Waals surface area contributed by atoms with Gasteiger partial charge in [0.15, 0.2) is 0 Å². The molecule has 16 heavy (non-hydrogen) atoms. The number of nitrogens with one attached hydrogen (secondary N) is 1. The predicted molar refractivity (Wildman–Crippen MR) is 63.2 cm³/mol. The van der Waals surface area contributed by atoms with Crippen LogP contribution < -0.4 is 5.32 Å². The largest absolute Gasteiger partial charge is 0.385 e. The molecule has 1 aliphatic heterocycles. The zero-order valence-corrected chi connectivity index (χ0v) is 10.1. The molecule has 4 heteroatoms. The van der Waals surface area contributed by atoms with Gasteiger partial charge in [0.05, 0.1) is 5.69 Å². The highest BCUT2D eigenvalue weighted by molar-refractivity contribution is 5.08. The van der Waals surface area contributed by atoms with Crippen LogP contribution >= 0.6 is 0 Å². The van der Waals surface area contributed by atoms with Gasteiger partial charge in [-0.05, 0) is 39.3 Å². The van der Waals surface area contributed by atoms with Crippen LogP contribution in [-0.4, -0.2) is 27.5 Å². The molecule has 90 valence electrons. The van der Waals surface area contributed by atoms with Crippen molar-refractivity contribution in [3.05, 3.63) is 18.0 Å². The maximum absolute atomic E-state index is 10.3. The number of hydrogen-bond acceptors (Lipinski definition) is 3. The summed E-state index contributed by atoms with van der Waals surface area (Å²) < 4.78 is 1.90. The molecule has 2 heterocycles. The summed E-state index contributed by atoms with van der Waals surface area (Å²) >= 11 is 0. The summed E-state index contributed by atoms with van der Waals surface area (Å²) in [6.07, 6.45) is 4.79. The first-order valence-electron chi connectivity index (χ1n) is 6.15. The van der Waals surface area contributed by atoms with Crippen molar-refractivity contribution in [3.63, 3.8) is 0 Å². The minimum absolute atomic E-state index is 0.183. The Bertz CT molecular complexity index is 329. The maximum atomic E-state index is 10.3. The van der Waals surface area contributed by atoms with Crippen LogP contribution in [0.2, 0.25) is 0 Å². The van der Waals surface area contributed by atoms with Crippen molar-refractivity contribution in [3.8, 4) is 0 Å². The van der Waals surface area contributed by atoms with Gasteiger partial charge in [-0.15, -0.1) is 0 Å². The molecular weight excluding hydrogens is 202 g/mol. The summed E-state index contributed by atoms with van der Waals surface area (Å²) in [7, 11) is 0. The minimum atomic E-state index is -0.440. The zero-order valence-electron chi connectivity index (χ0n) is 10.1. The molecule has 2 unspecified atom stereocenters. The Morgan fingerprint density at radius 2 is 2.31 bits per heavy atom. The fraction of sp³-hybridized carbons (Fsp3) is 0.750. The van der Waals surface area contributed by atoms with Crippen molar-refractivity contribution in [2.75, 3.05) is 6.54 Å². The SMILES string of the molecule is CC(C)n1nccc1C(O)C1CCCCN1. The van der Waals surface area contributed by atoms with E-state index in [2.05, 4.69) is 24.3 Å². The second-order valence-electron chi connectivity index (χ2n) is 4.80. The van der Waals surface area contributed by atoms with Crippen LogP contribution in [-0.2, 0) is 0 Å². The Labute approximate surface area is 96.7 Å². The molecule has 1 aromatic rings. The average molecular weight is 223 g/mol. The van der Waals surface area contributed by atoms with Crippen LogP contribution in [0, 0.1) is 0 Å². The summed E-state index contributed by atoms with van der Waals surface area (Å²) in [5.41, 5.74) is 0.925. The number of nitrogens with zero attached hydrogens (tertiary/aromatic N) is 2. The molecule has 2 rings (SSSR count). The van der Waals surface area contributed by atoms with Gasteiger partial charge in [-0.2, -0.15) is 5.10 Å². The van der Waals surface area contributed by atoms with Crippen LogP contribution in [0.3, 0.4) is 0 Å². The molecule has 0 spiro atoms. The second-order valence-corrected chi connectivity index (χ2v) is 4.80. The summed E-state index contributed by atoms with van der Waals surface area (Å²) in [6, 6.07) is 2.40. The van der Waals surface area contributed by atoms with Gasteiger partial charge >= 0.3 is 0 Å². The standard InChI is InChI=1S/C12H21N3O/c1-9(2)15-11(6-8-14-15)12(16)10-5-3-4-7-13-10/h6,8-10,12-13,16H,3-5,7H2,1-2H3. The van der Waals surface area contributed by atoms with E-state index in [1.54, 1.807) is 6.20 Å². The van der Waals surface area contributed by atoms with Gasteiger partial charge in [-0.25, -0.2) is 0 Å². The number of hydrogen-bond donors (Lipinski definition) is 2. The molecule has 0 saturated carbocycles. The van der Waals surface area contributed by atoms with Crippen molar-refractivity contribution in [2.45, 2.75) is 51.3 Å². The van der Waals surface area contributed by atoms with E-state index in [4.69, 9.17) is 0 Å². The van der Waals surface area contributed by atoms with Crippen molar-refractivity contribution < 1.29 is 5.11 Å². The lowest BCUT2D eigenvalue weighted by atomic mass is 9.98. The van der Waals surface area contributed by atoms with Gasteiger partial charge in [0, 0.05) is 18.3 Å². The quantitative estimate of drug-likeness (QED) is 0.819. The summed E-state index contributed by atoms with van der Waals surface area (Å²) in [6.45, 7) is 5.17. The van der Waals surface area contributed by atoms with E-state index < -0.39 is 6.10 Å². The smallest absolute Gasteiger partial charge is 0.111 e. The highest BCUT2D eigenvalue weighted by Crippen LogP contribution is 2.24. The third-order valence-corrected chi connectivity index (χ3v) is 3.22. The zero-order chi connectivity index (χ0) is 11.5. The third kappa shape index (κ3) is 2.28. The maximum Gasteiger partial charge on any atom is 0.111 e. The summed E-state index contributed by atoms with van der Waals surface area (Å²) in [5, 5.41) is 18.0. The molecule has 0 aliphatic carbocycles. The van der Waals surface area contributed by atoms with E-state index in [-0.39, 0.29) is 6.04 Å². The molecule has 0 bridgehead atoms. The molecule has 1 aromatic heterocycles. The lowest BCUT2D eigenvalue weighted by molar-refractivity contribution is 0.104. The van der Waals surface area contributed by atoms with Crippen molar-refractivity contribution in [1.29, 1.82) is 0 Å². The summed E-state index contributed by atoms with van der Waals surface area (Å²) in [4.78, 5) is 0. The normalized spacial score (nSPS) is 23.6. The number of piperidine rings is 1. The van der Waals surface area contributed by atoms with Gasteiger partial charge in [0.25, 0.3) is 0 Å². The van der Waals surface area contributed by atoms with Crippen LogP contribution in [0.15, 0.2) is 12.3 Å². The molecular formula is C12H21N3O. The summed E-state index contributed by atoms with van der Waals surface area (Å²) in [5.74, 6) is 0. The second kappa shape index (κ2) is 4.97. The number of aliphatic hydroxyl groups is 1. The lowest BCUT2D eigenvalue weighted by Gasteiger charge is -2.28. The van der Waals surface area contributed by atoms with Crippen molar-refractivity contribution in [2.24, 2.45) is 0 Å². The molecule has 4 nitrogen and oxygen atoms in total. The lowest BCUT2D eigenvalue weighted by Crippen LogP contribution is -2.39. The van der Waals surface area contributed by atoms with Gasteiger partial charge in [-0.1, -0.05) is 6.42 Å². The first-order chi connectivity index (χ1) is 7.70. The molecule has 2 N–H and O–H groups in total. The Kier molecular flexibility index (Phi) is 3.61. The van der Waals surface area contributed by atoms with Crippen LogP contribution in [0.4, 0.5) is 0 Å². The van der Waals surface area contributed by atoms with Gasteiger partial charge in [-0.3, -0.25) is 4.68 Å². The Morgan fingerprint density at radius 1 is 1.50 bits per heavy atom. The van der Waals surface area contributed by atoms with Crippen LogP contribution in [0.25, 0.3) is 0 Å². The van der Waals surface area contributed by atoms with Gasteiger partial charge in [0.2, 0.25) is 0 Å². The van der Waals surface area contributed by atoms with E-state index in [1.165, 1.54) is 12.8 Å². The highest BCUT2D eigenvalue weighted by Gasteiger charge is 2.25. The highest BCUT2D eigenvalue weighted by atomic mass is 16.3. The molecule has 0 radical (unpaired) electrons. The molecule has 1 aliphatic rings. The van der Waals surface area contributed by atoms with Gasteiger partial charge < -0.3 is 10.4 Å². The van der Waals surface area contributed by atoms with E-state index in [0.717, 1.165) is 18.7 Å². The Hall–Kier alpha value is -0.870. The number of rotatable bonds is 3. The van der Waals surface area contributed by atoms with E-state index in [1.807, 2.05) is 10.7 Å². The van der Waals surface area contributed by atoms with Gasteiger partial charge in [0.1, 0.15) is 6.10 Å². The number of aliphatic hydroxyl groups excluding tert-OH is 1.